The Morgan fingerprint density at radius 3 is 2.56 bits per heavy atom. The number of aromatic hydroxyl groups is 1. The van der Waals surface area contributed by atoms with Gasteiger partial charge in [0.25, 0.3) is 5.91 Å². The summed E-state index contributed by atoms with van der Waals surface area (Å²) in [5.41, 5.74) is 4.97. The third-order valence-electron chi connectivity index (χ3n) is 4.16. The largest absolute Gasteiger partial charge is 0.507 e. The quantitative estimate of drug-likeness (QED) is 0.641. The van der Waals surface area contributed by atoms with Crippen LogP contribution in [0.25, 0.3) is 11.3 Å². The molecule has 0 atom stereocenters. The van der Waals surface area contributed by atoms with Crippen LogP contribution in [0.3, 0.4) is 0 Å². The molecule has 25 heavy (non-hydrogen) atoms. The van der Waals surface area contributed by atoms with Gasteiger partial charge in [0.05, 0.1) is 5.69 Å². The minimum absolute atomic E-state index is 0.132. The number of hydrogen-bond donors (Lipinski definition) is 3. The number of nitrogens with zero attached hydrogens (tertiary/aromatic N) is 1. The molecule has 1 amide bonds. The molecule has 3 rings (SSSR count). The van der Waals surface area contributed by atoms with Crippen molar-refractivity contribution in [1.29, 1.82) is 0 Å². The van der Waals surface area contributed by atoms with Gasteiger partial charge in [0.2, 0.25) is 0 Å². The normalized spacial score (nSPS) is 10.7. The number of halogens is 1. The van der Waals surface area contributed by atoms with Gasteiger partial charge in [0, 0.05) is 16.3 Å². The van der Waals surface area contributed by atoms with Gasteiger partial charge in [-0.25, -0.2) is 0 Å². The number of aryl methyl sites for hydroxylation is 3. The van der Waals surface area contributed by atoms with Gasteiger partial charge in [-0.15, -0.1) is 0 Å². The second kappa shape index (κ2) is 6.61. The topological polar surface area (TPSA) is 78.0 Å². The predicted octanol–water partition coefficient (Wildman–Crippen LogP) is 4.61. The number of nitrogens with one attached hydrogen (secondary N) is 2. The van der Waals surface area contributed by atoms with Gasteiger partial charge in [-0.3, -0.25) is 9.89 Å². The maximum atomic E-state index is 12.4. The third kappa shape index (κ3) is 3.51. The van der Waals surface area contributed by atoms with E-state index in [9.17, 15) is 9.90 Å². The molecule has 0 spiro atoms. The molecular formula is C19H18ClN3O2. The van der Waals surface area contributed by atoms with Crippen molar-refractivity contribution in [2.45, 2.75) is 20.8 Å². The number of amides is 1. The molecule has 0 unspecified atom stereocenters. The Morgan fingerprint density at radius 1 is 1.08 bits per heavy atom. The molecule has 3 aromatic rings. The van der Waals surface area contributed by atoms with Gasteiger partial charge >= 0.3 is 0 Å². The number of rotatable bonds is 3. The molecule has 0 saturated heterocycles. The van der Waals surface area contributed by atoms with Crippen LogP contribution < -0.4 is 5.32 Å². The molecule has 1 aromatic heterocycles. The highest BCUT2D eigenvalue weighted by atomic mass is 35.5. The molecule has 0 aliphatic rings. The lowest BCUT2D eigenvalue weighted by molar-refractivity contribution is 0.102. The Kier molecular flexibility index (Phi) is 4.51. The van der Waals surface area contributed by atoms with Crippen LogP contribution in [0.5, 0.6) is 5.75 Å². The summed E-state index contributed by atoms with van der Waals surface area (Å²) in [7, 11) is 0. The molecule has 0 aliphatic heterocycles. The van der Waals surface area contributed by atoms with E-state index in [0.29, 0.717) is 27.7 Å². The first kappa shape index (κ1) is 17.0. The zero-order valence-electron chi connectivity index (χ0n) is 14.1. The number of phenols is 1. The van der Waals surface area contributed by atoms with Crippen molar-refractivity contribution in [3.63, 3.8) is 0 Å². The van der Waals surface area contributed by atoms with E-state index in [4.69, 9.17) is 11.6 Å². The fraction of sp³-hybridized carbons (Fsp3) is 0.158. The van der Waals surface area contributed by atoms with E-state index in [1.165, 1.54) is 0 Å². The molecular weight excluding hydrogens is 338 g/mol. The number of phenolic OH excluding ortho intramolecular Hbond substituents is 1. The average Bonchev–Trinajstić information content (AvgIpc) is 3.04. The molecule has 1 heterocycles. The summed E-state index contributed by atoms with van der Waals surface area (Å²) in [6.45, 7) is 5.77. The average molecular weight is 356 g/mol. The van der Waals surface area contributed by atoms with E-state index in [1.807, 2.05) is 32.9 Å². The lowest BCUT2D eigenvalue weighted by Gasteiger charge is -2.07. The number of hydrogen-bond acceptors (Lipinski definition) is 3. The first-order valence-corrected chi connectivity index (χ1v) is 8.16. The summed E-state index contributed by atoms with van der Waals surface area (Å²) < 4.78 is 0. The van der Waals surface area contributed by atoms with Crippen LogP contribution in [0.4, 0.5) is 5.69 Å². The minimum atomic E-state index is -0.326. The van der Waals surface area contributed by atoms with Gasteiger partial charge in [0.15, 0.2) is 0 Å². The van der Waals surface area contributed by atoms with Gasteiger partial charge in [-0.1, -0.05) is 17.7 Å². The summed E-state index contributed by atoms with van der Waals surface area (Å²) in [6, 6.07) is 10.4. The highest BCUT2D eigenvalue weighted by Gasteiger charge is 2.15. The maximum absolute atomic E-state index is 12.4. The van der Waals surface area contributed by atoms with Crippen molar-refractivity contribution in [3.05, 3.63) is 63.8 Å². The van der Waals surface area contributed by atoms with Crippen molar-refractivity contribution < 1.29 is 9.90 Å². The first-order valence-electron chi connectivity index (χ1n) is 7.78. The summed E-state index contributed by atoms with van der Waals surface area (Å²) in [5.74, 6) is -0.195. The Bertz CT molecular complexity index is 963. The van der Waals surface area contributed by atoms with Gasteiger partial charge in [0.1, 0.15) is 11.4 Å². The van der Waals surface area contributed by atoms with E-state index in [0.717, 1.165) is 16.7 Å². The minimum Gasteiger partial charge on any atom is -0.507 e. The van der Waals surface area contributed by atoms with Crippen LogP contribution in [-0.2, 0) is 0 Å². The zero-order chi connectivity index (χ0) is 18.1. The van der Waals surface area contributed by atoms with Crippen molar-refractivity contribution in [2.75, 3.05) is 5.32 Å². The van der Waals surface area contributed by atoms with Crippen LogP contribution in [0.2, 0.25) is 5.02 Å². The maximum Gasteiger partial charge on any atom is 0.273 e. The molecule has 2 aromatic carbocycles. The highest BCUT2D eigenvalue weighted by molar-refractivity contribution is 6.31. The summed E-state index contributed by atoms with van der Waals surface area (Å²) in [4.78, 5) is 12.4. The van der Waals surface area contributed by atoms with Gasteiger partial charge < -0.3 is 10.4 Å². The molecule has 0 saturated carbocycles. The van der Waals surface area contributed by atoms with Crippen LogP contribution in [0.1, 0.15) is 27.2 Å². The van der Waals surface area contributed by atoms with Crippen molar-refractivity contribution in [3.8, 4) is 17.0 Å². The number of carbonyl (C=O) groups excluding carboxylic acids is 1. The molecule has 5 nitrogen and oxygen atoms in total. The fourth-order valence-electron chi connectivity index (χ4n) is 2.50. The Morgan fingerprint density at radius 2 is 1.80 bits per heavy atom. The lowest BCUT2D eigenvalue weighted by atomic mass is 10.0. The van der Waals surface area contributed by atoms with Crippen LogP contribution in [0, 0.1) is 20.8 Å². The first-order chi connectivity index (χ1) is 11.8. The summed E-state index contributed by atoms with van der Waals surface area (Å²) in [5, 5.41) is 20.4. The van der Waals surface area contributed by atoms with Gasteiger partial charge in [-0.05, 0) is 67.8 Å². The fourth-order valence-corrected chi connectivity index (χ4v) is 2.67. The van der Waals surface area contributed by atoms with Crippen LogP contribution in [-0.4, -0.2) is 21.2 Å². The van der Waals surface area contributed by atoms with Crippen molar-refractivity contribution in [2.24, 2.45) is 0 Å². The zero-order valence-corrected chi connectivity index (χ0v) is 14.9. The monoisotopic (exact) mass is 355 g/mol. The Labute approximate surface area is 150 Å². The second-order valence-electron chi connectivity index (χ2n) is 6.03. The Balaban J connectivity index is 1.87. The van der Waals surface area contributed by atoms with E-state index in [1.54, 1.807) is 24.3 Å². The standard InChI is InChI=1S/C19H18ClN3O2/c1-10-4-5-13(20)8-15(10)21-19(25)17-9-16(22-23-17)14-6-11(2)12(3)7-18(14)24/h4-9,24H,1-3H3,(H,21,25)(H,22,23). The number of aromatic amines is 1. The lowest BCUT2D eigenvalue weighted by Crippen LogP contribution is -2.13. The second-order valence-corrected chi connectivity index (χ2v) is 6.47. The molecule has 6 heteroatoms. The Hall–Kier alpha value is -2.79. The van der Waals surface area contributed by atoms with Crippen LogP contribution in [0.15, 0.2) is 36.4 Å². The summed E-state index contributed by atoms with van der Waals surface area (Å²) >= 11 is 5.98. The van der Waals surface area contributed by atoms with Gasteiger partial charge in [-0.2, -0.15) is 5.10 Å². The van der Waals surface area contributed by atoms with E-state index in [-0.39, 0.29) is 11.7 Å². The third-order valence-corrected chi connectivity index (χ3v) is 4.39. The molecule has 0 aliphatic carbocycles. The summed E-state index contributed by atoms with van der Waals surface area (Å²) in [6.07, 6.45) is 0. The number of benzene rings is 2. The van der Waals surface area contributed by atoms with Crippen LogP contribution >= 0.6 is 11.6 Å². The molecule has 0 bridgehead atoms. The smallest absolute Gasteiger partial charge is 0.273 e. The number of carbonyl (C=O) groups is 1. The molecule has 128 valence electrons. The molecule has 0 fully saturated rings. The SMILES string of the molecule is Cc1cc(O)c(-c2cc(C(=O)Nc3cc(Cl)ccc3C)[nH]n2)cc1C. The number of aromatic nitrogens is 2. The van der Waals surface area contributed by atoms with E-state index < -0.39 is 0 Å². The molecule has 3 N–H and O–H groups in total. The predicted molar refractivity (Wildman–Crippen MR) is 99.3 cm³/mol. The highest BCUT2D eigenvalue weighted by Crippen LogP contribution is 2.31. The molecule has 0 radical (unpaired) electrons. The van der Waals surface area contributed by atoms with E-state index >= 15 is 0 Å². The van der Waals surface area contributed by atoms with E-state index in [2.05, 4.69) is 15.5 Å². The number of H-pyrrole nitrogens is 1. The number of anilines is 1. The van der Waals surface area contributed by atoms with Crippen molar-refractivity contribution >= 4 is 23.2 Å². The van der Waals surface area contributed by atoms with Crippen molar-refractivity contribution in [1.82, 2.24) is 10.2 Å².